The second-order valence-corrected chi connectivity index (χ2v) is 15.5. The fraction of sp³-hybridized carbons (Fsp3) is 0. The summed E-state index contributed by atoms with van der Waals surface area (Å²) in [5, 5.41) is 4.88. The molecule has 6 heteroatoms. The van der Waals surface area contributed by atoms with Crippen molar-refractivity contribution in [2.45, 2.75) is 0 Å². The van der Waals surface area contributed by atoms with Gasteiger partial charge in [-0.15, -0.1) is 0 Å². The van der Waals surface area contributed by atoms with Gasteiger partial charge in [-0.25, -0.2) is 15.0 Å². The van der Waals surface area contributed by atoms with Crippen LogP contribution in [0.4, 0.5) is 0 Å². The van der Waals surface area contributed by atoms with Crippen LogP contribution in [0.15, 0.2) is 219 Å². The Bertz CT molecular complexity index is 3550. The lowest BCUT2D eigenvalue weighted by molar-refractivity contribution is 1.07. The summed E-state index contributed by atoms with van der Waals surface area (Å²) in [4.78, 5) is 19.6. The van der Waals surface area contributed by atoms with Gasteiger partial charge in [-0.2, -0.15) is 0 Å². The molecule has 0 atom stereocenters. The van der Waals surface area contributed by atoms with Crippen molar-refractivity contribution in [3.8, 4) is 67.8 Å². The molecular formula is C56H36N6. The van der Waals surface area contributed by atoms with Gasteiger partial charge < -0.3 is 9.13 Å². The van der Waals surface area contributed by atoms with E-state index >= 15 is 0 Å². The van der Waals surface area contributed by atoms with E-state index < -0.39 is 0 Å². The van der Waals surface area contributed by atoms with Crippen LogP contribution < -0.4 is 0 Å². The average molecular weight is 793 g/mol. The van der Waals surface area contributed by atoms with Gasteiger partial charge in [0.05, 0.1) is 22.1 Å². The first-order valence-corrected chi connectivity index (χ1v) is 20.8. The molecule has 0 aliphatic carbocycles. The molecule has 0 radical (unpaired) electrons. The second kappa shape index (κ2) is 14.7. The Morgan fingerprint density at radius 1 is 0.290 bits per heavy atom. The number of rotatable bonds is 7. The lowest BCUT2D eigenvalue weighted by Gasteiger charge is -2.12. The molecule has 62 heavy (non-hydrogen) atoms. The van der Waals surface area contributed by atoms with Crippen LogP contribution in [-0.2, 0) is 0 Å². The number of para-hydroxylation sites is 3. The lowest BCUT2D eigenvalue weighted by atomic mass is 9.99. The third-order valence-electron chi connectivity index (χ3n) is 11.9. The highest BCUT2D eigenvalue weighted by Crippen LogP contribution is 2.40. The van der Waals surface area contributed by atoms with Crippen molar-refractivity contribution >= 4 is 43.6 Å². The monoisotopic (exact) mass is 792 g/mol. The molecule has 0 aliphatic rings. The van der Waals surface area contributed by atoms with Crippen molar-refractivity contribution in [2.75, 3.05) is 0 Å². The van der Waals surface area contributed by atoms with Crippen molar-refractivity contribution in [3.63, 3.8) is 0 Å². The molecule has 0 bridgehead atoms. The Kier molecular flexibility index (Phi) is 8.38. The highest BCUT2D eigenvalue weighted by Gasteiger charge is 2.18. The molecule has 0 fully saturated rings. The quantitative estimate of drug-likeness (QED) is 0.161. The predicted molar refractivity (Wildman–Crippen MR) is 253 cm³/mol. The van der Waals surface area contributed by atoms with Gasteiger partial charge in [0.15, 0.2) is 17.5 Å². The largest absolute Gasteiger partial charge is 0.309 e. The first kappa shape index (κ1) is 35.5. The van der Waals surface area contributed by atoms with E-state index in [2.05, 4.69) is 155 Å². The molecular weight excluding hydrogens is 757 g/mol. The minimum atomic E-state index is 0.572. The molecule has 12 aromatic rings. The second-order valence-electron chi connectivity index (χ2n) is 15.5. The van der Waals surface area contributed by atoms with Gasteiger partial charge in [0.2, 0.25) is 0 Å². The molecule has 290 valence electrons. The van der Waals surface area contributed by atoms with Crippen LogP contribution in [0.25, 0.3) is 111 Å². The Morgan fingerprint density at radius 2 is 0.790 bits per heavy atom. The summed E-state index contributed by atoms with van der Waals surface area (Å²) in [7, 11) is 0. The van der Waals surface area contributed by atoms with E-state index in [0.29, 0.717) is 17.5 Å². The Hall–Kier alpha value is -8.48. The Morgan fingerprint density at radius 3 is 1.48 bits per heavy atom. The normalized spacial score (nSPS) is 11.5. The standard InChI is InChI=1S/C56H36N6/c1-4-15-38(16-5-1)54-58-55(39-17-6-2-7-18-39)60-56(59-54)42-33-41(35-57-36-42)40-29-32-47-46-21-10-12-24-49(46)62(52(47)34-40)44-30-27-37(28-31-44)45-23-14-26-51-53(45)48-22-11-13-25-50(48)61(51)43-19-8-3-9-20-43/h1-36H. The van der Waals surface area contributed by atoms with E-state index in [4.69, 9.17) is 19.9 Å². The van der Waals surface area contributed by atoms with E-state index in [1.54, 1.807) is 0 Å². The zero-order valence-corrected chi connectivity index (χ0v) is 33.5. The molecule has 6 nitrogen and oxygen atoms in total. The molecule has 0 amide bonds. The number of aromatic nitrogens is 6. The van der Waals surface area contributed by atoms with Crippen LogP contribution in [-0.4, -0.2) is 29.1 Å². The van der Waals surface area contributed by atoms with Gasteiger partial charge in [0.25, 0.3) is 0 Å². The number of benzene rings is 8. The van der Waals surface area contributed by atoms with Crippen LogP contribution in [0.1, 0.15) is 0 Å². The van der Waals surface area contributed by atoms with Gasteiger partial charge in [-0.05, 0) is 71.3 Å². The molecule has 12 rings (SSSR count). The summed E-state index contributed by atoms with van der Waals surface area (Å²) < 4.78 is 4.75. The van der Waals surface area contributed by atoms with Crippen LogP contribution >= 0.6 is 0 Å². The van der Waals surface area contributed by atoms with E-state index in [1.807, 2.05) is 73.1 Å². The highest BCUT2D eigenvalue weighted by atomic mass is 15.0. The summed E-state index contributed by atoms with van der Waals surface area (Å²) in [6, 6.07) is 72.6. The minimum absolute atomic E-state index is 0.572. The summed E-state index contributed by atoms with van der Waals surface area (Å²) in [6.45, 7) is 0. The molecule has 0 unspecified atom stereocenters. The first-order valence-electron chi connectivity index (χ1n) is 20.8. The van der Waals surface area contributed by atoms with Crippen LogP contribution in [0, 0.1) is 0 Å². The highest BCUT2D eigenvalue weighted by molar-refractivity contribution is 6.16. The van der Waals surface area contributed by atoms with Gasteiger partial charge in [-0.1, -0.05) is 152 Å². The molecule has 0 saturated heterocycles. The van der Waals surface area contributed by atoms with Crippen LogP contribution in [0.2, 0.25) is 0 Å². The van der Waals surface area contributed by atoms with Crippen molar-refractivity contribution in [2.24, 2.45) is 0 Å². The van der Waals surface area contributed by atoms with Gasteiger partial charge in [0.1, 0.15) is 0 Å². The smallest absolute Gasteiger partial charge is 0.165 e. The zero-order valence-electron chi connectivity index (χ0n) is 33.5. The molecule has 0 saturated carbocycles. The van der Waals surface area contributed by atoms with E-state index in [0.717, 1.165) is 50.2 Å². The van der Waals surface area contributed by atoms with Crippen LogP contribution in [0.5, 0.6) is 0 Å². The summed E-state index contributed by atoms with van der Waals surface area (Å²) >= 11 is 0. The number of nitrogens with zero attached hydrogens (tertiary/aromatic N) is 6. The molecule has 8 aromatic carbocycles. The predicted octanol–water partition coefficient (Wildman–Crippen LogP) is 13.8. The fourth-order valence-corrected chi connectivity index (χ4v) is 8.99. The first-order chi connectivity index (χ1) is 30.7. The number of hydrogen-bond acceptors (Lipinski definition) is 4. The zero-order chi connectivity index (χ0) is 41.0. The van der Waals surface area contributed by atoms with Crippen molar-refractivity contribution in [1.82, 2.24) is 29.1 Å². The number of pyridine rings is 1. The topological polar surface area (TPSA) is 61.4 Å². The van der Waals surface area contributed by atoms with Gasteiger partial charge in [0, 0.05) is 67.6 Å². The molecule has 0 N–H and O–H groups in total. The van der Waals surface area contributed by atoms with Crippen molar-refractivity contribution < 1.29 is 0 Å². The SMILES string of the molecule is c1ccc(-c2nc(-c3ccccc3)nc(-c3cncc(-c4ccc5c6ccccc6n(-c6ccc(-c7cccc8c7c7ccccc7n8-c7ccccc7)cc6)c5c4)c3)n2)cc1. The molecule has 0 aliphatic heterocycles. The van der Waals surface area contributed by atoms with Crippen molar-refractivity contribution in [1.29, 1.82) is 0 Å². The third kappa shape index (κ3) is 5.96. The Labute approximate surface area is 357 Å². The molecule has 4 aromatic heterocycles. The van der Waals surface area contributed by atoms with Crippen LogP contribution in [0.3, 0.4) is 0 Å². The Balaban J connectivity index is 0.963. The fourth-order valence-electron chi connectivity index (χ4n) is 8.99. The van der Waals surface area contributed by atoms with Gasteiger partial charge in [-0.3, -0.25) is 4.98 Å². The maximum absolute atomic E-state index is 4.97. The van der Waals surface area contributed by atoms with E-state index in [9.17, 15) is 0 Å². The summed E-state index contributed by atoms with van der Waals surface area (Å²) in [5.41, 5.74) is 14.0. The summed E-state index contributed by atoms with van der Waals surface area (Å²) in [5.74, 6) is 1.81. The number of hydrogen-bond donors (Lipinski definition) is 0. The molecule has 0 spiro atoms. The maximum atomic E-state index is 4.97. The maximum Gasteiger partial charge on any atom is 0.165 e. The van der Waals surface area contributed by atoms with Crippen molar-refractivity contribution in [3.05, 3.63) is 219 Å². The average Bonchev–Trinajstić information content (AvgIpc) is 3.87. The third-order valence-corrected chi connectivity index (χ3v) is 11.9. The minimum Gasteiger partial charge on any atom is -0.309 e. The molecule has 4 heterocycles. The lowest BCUT2D eigenvalue weighted by Crippen LogP contribution is -2.00. The number of fused-ring (bicyclic) bond motifs is 6. The van der Waals surface area contributed by atoms with Gasteiger partial charge >= 0.3 is 0 Å². The summed E-state index contributed by atoms with van der Waals surface area (Å²) in [6.07, 6.45) is 3.75. The van der Waals surface area contributed by atoms with E-state index in [-0.39, 0.29) is 0 Å². The van der Waals surface area contributed by atoms with E-state index in [1.165, 1.54) is 43.7 Å².